The van der Waals surface area contributed by atoms with E-state index in [-0.39, 0.29) is 11.6 Å². The fourth-order valence-corrected chi connectivity index (χ4v) is 3.06. The zero-order valence-electron chi connectivity index (χ0n) is 15.5. The number of anilines is 1. The van der Waals surface area contributed by atoms with Gasteiger partial charge >= 0.3 is 5.97 Å². The van der Waals surface area contributed by atoms with Crippen LogP contribution in [-0.2, 0) is 4.79 Å². The summed E-state index contributed by atoms with van der Waals surface area (Å²) in [4.78, 5) is 31.7. The van der Waals surface area contributed by atoms with E-state index < -0.39 is 12.1 Å². The maximum absolute atomic E-state index is 12.7. The predicted octanol–water partition coefficient (Wildman–Crippen LogP) is 2.20. The second-order valence-corrected chi connectivity index (χ2v) is 6.52. The van der Waals surface area contributed by atoms with Crippen LogP contribution in [0, 0.1) is 6.92 Å². The number of aryl methyl sites for hydroxylation is 1. The summed E-state index contributed by atoms with van der Waals surface area (Å²) in [5.74, 6) is 0.232. The van der Waals surface area contributed by atoms with Gasteiger partial charge < -0.3 is 19.6 Å². The van der Waals surface area contributed by atoms with Gasteiger partial charge in [0.2, 0.25) is 0 Å². The molecule has 1 fully saturated rings. The Labute approximate surface area is 158 Å². The van der Waals surface area contributed by atoms with Gasteiger partial charge in [-0.25, -0.2) is 9.78 Å². The number of hydrogen-bond donors (Lipinski definition) is 1. The molecule has 2 heterocycles. The number of nitrogens with zero attached hydrogens (tertiary/aromatic N) is 3. The predicted molar refractivity (Wildman–Crippen MR) is 101 cm³/mol. The second kappa shape index (κ2) is 8.07. The Hall–Kier alpha value is -3.09. The summed E-state index contributed by atoms with van der Waals surface area (Å²) in [6.45, 7) is 5.99. The molecule has 0 saturated carbocycles. The molecule has 1 saturated heterocycles. The fraction of sp³-hybridized carbons (Fsp3) is 0.350. The molecule has 0 bridgehead atoms. The molecule has 142 valence electrons. The van der Waals surface area contributed by atoms with Crippen LogP contribution in [0.3, 0.4) is 0 Å². The SMILES string of the molecule is Cc1ccccc1OC(C)C(=O)N1CCN(c2cccc(C(=O)O)n2)CC1. The monoisotopic (exact) mass is 369 g/mol. The lowest BCUT2D eigenvalue weighted by molar-refractivity contribution is -0.138. The Kier molecular flexibility index (Phi) is 5.59. The summed E-state index contributed by atoms with van der Waals surface area (Å²) in [7, 11) is 0. The second-order valence-electron chi connectivity index (χ2n) is 6.52. The van der Waals surface area contributed by atoms with Crippen LogP contribution in [0.4, 0.5) is 5.82 Å². The van der Waals surface area contributed by atoms with Crippen molar-refractivity contribution < 1.29 is 19.4 Å². The molecule has 1 aliphatic heterocycles. The van der Waals surface area contributed by atoms with Crippen molar-refractivity contribution >= 4 is 17.7 Å². The number of ether oxygens (including phenoxy) is 1. The number of pyridine rings is 1. The van der Waals surface area contributed by atoms with E-state index in [0.29, 0.717) is 37.7 Å². The van der Waals surface area contributed by atoms with Crippen LogP contribution in [0.1, 0.15) is 23.0 Å². The van der Waals surface area contributed by atoms with Gasteiger partial charge in [-0.2, -0.15) is 0 Å². The summed E-state index contributed by atoms with van der Waals surface area (Å²) < 4.78 is 5.83. The number of carboxylic acids is 1. The summed E-state index contributed by atoms with van der Waals surface area (Å²) >= 11 is 0. The van der Waals surface area contributed by atoms with Crippen LogP contribution in [0.5, 0.6) is 5.75 Å². The van der Waals surface area contributed by atoms with Gasteiger partial charge in [-0.15, -0.1) is 0 Å². The van der Waals surface area contributed by atoms with E-state index in [0.717, 1.165) is 5.56 Å². The minimum absolute atomic E-state index is 0.0197. The highest BCUT2D eigenvalue weighted by Crippen LogP contribution is 2.19. The van der Waals surface area contributed by atoms with Gasteiger partial charge in [-0.05, 0) is 37.6 Å². The molecule has 1 N–H and O–H groups in total. The van der Waals surface area contributed by atoms with Crippen molar-refractivity contribution in [2.24, 2.45) is 0 Å². The van der Waals surface area contributed by atoms with Gasteiger partial charge in [0.1, 0.15) is 11.6 Å². The third-order valence-corrected chi connectivity index (χ3v) is 4.61. The van der Waals surface area contributed by atoms with E-state index in [4.69, 9.17) is 9.84 Å². The van der Waals surface area contributed by atoms with Crippen molar-refractivity contribution in [3.63, 3.8) is 0 Å². The molecule has 0 aliphatic carbocycles. The lowest BCUT2D eigenvalue weighted by Gasteiger charge is -2.36. The van der Waals surface area contributed by atoms with Gasteiger partial charge in [0.25, 0.3) is 5.91 Å². The zero-order valence-corrected chi connectivity index (χ0v) is 15.5. The van der Waals surface area contributed by atoms with Gasteiger partial charge in [-0.1, -0.05) is 24.3 Å². The van der Waals surface area contributed by atoms with Gasteiger partial charge in [0, 0.05) is 26.2 Å². The first-order chi connectivity index (χ1) is 13.0. The molecule has 3 rings (SSSR count). The van der Waals surface area contributed by atoms with E-state index in [1.807, 2.05) is 36.1 Å². The maximum atomic E-state index is 12.7. The van der Waals surface area contributed by atoms with Crippen molar-refractivity contribution in [1.82, 2.24) is 9.88 Å². The third-order valence-electron chi connectivity index (χ3n) is 4.61. The molecule has 1 aromatic heterocycles. The molecule has 0 radical (unpaired) electrons. The average Bonchev–Trinajstić information content (AvgIpc) is 2.69. The van der Waals surface area contributed by atoms with Gasteiger partial charge in [0.15, 0.2) is 11.8 Å². The summed E-state index contributed by atoms with van der Waals surface area (Å²) in [6, 6.07) is 12.6. The largest absolute Gasteiger partial charge is 0.481 e. The number of carbonyl (C=O) groups excluding carboxylic acids is 1. The van der Waals surface area contributed by atoms with Crippen LogP contribution >= 0.6 is 0 Å². The highest BCUT2D eigenvalue weighted by Gasteiger charge is 2.27. The number of carbonyl (C=O) groups is 2. The fourth-order valence-electron chi connectivity index (χ4n) is 3.06. The topological polar surface area (TPSA) is 83.0 Å². The van der Waals surface area contributed by atoms with Crippen molar-refractivity contribution in [3.05, 3.63) is 53.7 Å². The van der Waals surface area contributed by atoms with E-state index in [9.17, 15) is 9.59 Å². The maximum Gasteiger partial charge on any atom is 0.354 e. The zero-order chi connectivity index (χ0) is 19.4. The molecule has 0 spiro atoms. The van der Waals surface area contributed by atoms with Gasteiger partial charge in [-0.3, -0.25) is 4.79 Å². The number of para-hydroxylation sites is 1. The Morgan fingerprint density at radius 1 is 1.07 bits per heavy atom. The smallest absolute Gasteiger partial charge is 0.354 e. The van der Waals surface area contributed by atoms with Crippen molar-refractivity contribution in [2.75, 3.05) is 31.1 Å². The number of carboxylic acid groups (broad SMARTS) is 1. The van der Waals surface area contributed by atoms with E-state index in [1.165, 1.54) is 6.07 Å². The lowest BCUT2D eigenvalue weighted by Crippen LogP contribution is -2.52. The molecule has 2 aromatic rings. The quantitative estimate of drug-likeness (QED) is 0.870. The molecule has 1 unspecified atom stereocenters. The Morgan fingerprint density at radius 3 is 2.44 bits per heavy atom. The third kappa shape index (κ3) is 4.36. The van der Waals surface area contributed by atoms with Crippen molar-refractivity contribution in [3.8, 4) is 5.75 Å². The first-order valence-electron chi connectivity index (χ1n) is 8.92. The Balaban J connectivity index is 1.58. The van der Waals surface area contributed by atoms with Crippen molar-refractivity contribution in [2.45, 2.75) is 20.0 Å². The van der Waals surface area contributed by atoms with Crippen molar-refractivity contribution in [1.29, 1.82) is 0 Å². The summed E-state index contributed by atoms with van der Waals surface area (Å²) in [5, 5.41) is 9.08. The molecule has 7 heteroatoms. The number of piperazine rings is 1. The van der Waals surface area contributed by atoms with Crippen LogP contribution in [0.15, 0.2) is 42.5 Å². The van der Waals surface area contributed by atoms with E-state index >= 15 is 0 Å². The number of amides is 1. The van der Waals surface area contributed by atoms with Crippen LogP contribution in [-0.4, -0.2) is 59.1 Å². The number of hydrogen-bond acceptors (Lipinski definition) is 5. The summed E-state index contributed by atoms with van der Waals surface area (Å²) in [6.07, 6.45) is -0.564. The first-order valence-corrected chi connectivity index (χ1v) is 8.92. The lowest BCUT2D eigenvalue weighted by atomic mass is 10.2. The minimum Gasteiger partial charge on any atom is -0.481 e. The Morgan fingerprint density at radius 2 is 1.78 bits per heavy atom. The van der Waals surface area contributed by atoms with Crippen LogP contribution < -0.4 is 9.64 Å². The average molecular weight is 369 g/mol. The molecule has 7 nitrogen and oxygen atoms in total. The molecule has 1 amide bonds. The minimum atomic E-state index is -1.05. The van der Waals surface area contributed by atoms with Crippen LogP contribution in [0.2, 0.25) is 0 Å². The number of aromatic nitrogens is 1. The summed E-state index contributed by atoms with van der Waals surface area (Å²) in [5.41, 5.74) is 1.01. The number of aromatic carboxylic acids is 1. The van der Waals surface area contributed by atoms with Crippen LogP contribution in [0.25, 0.3) is 0 Å². The number of benzene rings is 1. The normalized spacial score (nSPS) is 15.3. The highest BCUT2D eigenvalue weighted by atomic mass is 16.5. The molecule has 1 aliphatic rings. The van der Waals surface area contributed by atoms with E-state index in [1.54, 1.807) is 24.0 Å². The highest BCUT2D eigenvalue weighted by molar-refractivity contribution is 5.85. The molecule has 27 heavy (non-hydrogen) atoms. The van der Waals surface area contributed by atoms with Gasteiger partial charge in [0.05, 0.1) is 0 Å². The first kappa shape index (κ1) is 18.7. The Bertz CT molecular complexity index is 831. The molecular formula is C20H23N3O4. The molecule has 1 atom stereocenters. The standard InChI is InChI=1S/C20H23N3O4/c1-14-6-3-4-8-17(14)27-15(2)19(24)23-12-10-22(11-13-23)18-9-5-7-16(21-18)20(25)26/h3-9,15H,10-13H2,1-2H3,(H,25,26). The van der Waals surface area contributed by atoms with E-state index in [2.05, 4.69) is 4.98 Å². The molecule has 1 aromatic carbocycles. The molecular weight excluding hydrogens is 346 g/mol. The number of rotatable bonds is 5.